The first kappa shape index (κ1) is 20.6. The fourth-order valence-electron chi connectivity index (χ4n) is 5.20. The summed E-state index contributed by atoms with van der Waals surface area (Å²) in [5.74, 6) is 1.88. The molecule has 0 saturated carbocycles. The van der Waals surface area contributed by atoms with Crippen LogP contribution in [0.15, 0.2) is 18.2 Å². The van der Waals surface area contributed by atoms with Crippen molar-refractivity contribution < 1.29 is 23.8 Å². The third-order valence-electron chi connectivity index (χ3n) is 7.09. The molecular formula is C23H31N3O5. The van der Waals surface area contributed by atoms with Crippen molar-refractivity contribution in [1.82, 2.24) is 14.7 Å². The summed E-state index contributed by atoms with van der Waals surface area (Å²) in [5, 5.41) is 0. The highest BCUT2D eigenvalue weighted by molar-refractivity contribution is 5.95. The molecule has 0 radical (unpaired) electrons. The number of carbonyl (C=O) groups is 2. The second-order valence-electron chi connectivity index (χ2n) is 8.84. The summed E-state index contributed by atoms with van der Waals surface area (Å²) < 4.78 is 16.1. The molecule has 31 heavy (non-hydrogen) atoms. The first-order chi connectivity index (χ1) is 15.2. The molecule has 0 aliphatic carbocycles. The van der Waals surface area contributed by atoms with Crippen molar-refractivity contribution in [2.45, 2.75) is 31.7 Å². The Morgan fingerprint density at radius 1 is 0.806 bits per heavy atom. The van der Waals surface area contributed by atoms with Crippen molar-refractivity contribution >= 4 is 11.8 Å². The number of amides is 2. The zero-order valence-electron chi connectivity index (χ0n) is 18.0. The molecule has 5 rings (SSSR count). The summed E-state index contributed by atoms with van der Waals surface area (Å²) in [6.45, 7) is 6.48. The molecule has 1 aromatic rings. The Balaban J connectivity index is 1.09. The molecule has 0 spiro atoms. The van der Waals surface area contributed by atoms with Gasteiger partial charge in [0.25, 0.3) is 5.91 Å². The van der Waals surface area contributed by atoms with Gasteiger partial charge >= 0.3 is 0 Å². The third-order valence-corrected chi connectivity index (χ3v) is 7.09. The molecule has 3 saturated heterocycles. The maximum atomic E-state index is 12.9. The summed E-state index contributed by atoms with van der Waals surface area (Å²) in [6, 6.07) is 5.91. The van der Waals surface area contributed by atoms with Gasteiger partial charge in [-0.15, -0.1) is 0 Å². The summed E-state index contributed by atoms with van der Waals surface area (Å²) >= 11 is 0. The SMILES string of the molecule is O=C(c1ccc2c(c1)OCO2)N1CCC(N2CCC(C(=O)N3CCOCC3)CC2)CC1. The number of benzene rings is 1. The predicted molar refractivity (Wildman–Crippen MR) is 113 cm³/mol. The van der Waals surface area contributed by atoms with E-state index in [0.29, 0.717) is 42.2 Å². The van der Waals surface area contributed by atoms with E-state index in [1.165, 1.54) is 0 Å². The molecule has 0 unspecified atom stereocenters. The van der Waals surface area contributed by atoms with Crippen molar-refractivity contribution in [3.63, 3.8) is 0 Å². The van der Waals surface area contributed by atoms with Gasteiger partial charge in [0.05, 0.1) is 13.2 Å². The number of fused-ring (bicyclic) bond motifs is 1. The number of carbonyl (C=O) groups excluding carboxylic acids is 2. The molecule has 8 heteroatoms. The highest BCUT2D eigenvalue weighted by Gasteiger charge is 2.33. The van der Waals surface area contributed by atoms with Crippen LogP contribution in [-0.2, 0) is 9.53 Å². The molecule has 0 bridgehead atoms. The smallest absolute Gasteiger partial charge is 0.253 e. The van der Waals surface area contributed by atoms with Crippen molar-refractivity contribution in [3.05, 3.63) is 23.8 Å². The summed E-state index contributed by atoms with van der Waals surface area (Å²) in [7, 11) is 0. The van der Waals surface area contributed by atoms with E-state index in [4.69, 9.17) is 14.2 Å². The summed E-state index contributed by atoms with van der Waals surface area (Å²) in [4.78, 5) is 32.1. The van der Waals surface area contributed by atoms with Gasteiger partial charge in [-0.3, -0.25) is 9.59 Å². The molecule has 0 aromatic heterocycles. The Labute approximate surface area is 183 Å². The number of nitrogens with zero attached hydrogens (tertiary/aromatic N) is 3. The Hall–Kier alpha value is -2.32. The molecule has 168 valence electrons. The van der Waals surface area contributed by atoms with E-state index in [1.54, 1.807) is 6.07 Å². The lowest BCUT2D eigenvalue weighted by Crippen LogP contribution is -2.51. The predicted octanol–water partition coefficient (Wildman–Crippen LogP) is 1.59. The van der Waals surface area contributed by atoms with E-state index in [0.717, 1.165) is 65.0 Å². The lowest BCUT2D eigenvalue weighted by molar-refractivity contribution is -0.141. The first-order valence-corrected chi connectivity index (χ1v) is 11.5. The quantitative estimate of drug-likeness (QED) is 0.727. The van der Waals surface area contributed by atoms with Gasteiger partial charge in [0, 0.05) is 43.7 Å². The molecular weight excluding hydrogens is 398 g/mol. The highest BCUT2D eigenvalue weighted by Crippen LogP contribution is 2.33. The van der Waals surface area contributed by atoms with Gasteiger partial charge in [-0.1, -0.05) is 0 Å². The highest BCUT2D eigenvalue weighted by atomic mass is 16.7. The van der Waals surface area contributed by atoms with Gasteiger partial charge in [0.15, 0.2) is 11.5 Å². The lowest BCUT2D eigenvalue weighted by Gasteiger charge is -2.42. The Morgan fingerprint density at radius 2 is 1.52 bits per heavy atom. The number of hydrogen-bond donors (Lipinski definition) is 0. The van der Waals surface area contributed by atoms with E-state index in [9.17, 15) is 9.59 Å². The maximum Gasteiger partial charge on any atom is 0.253 e. The molecule has 8 nitrogen and oxygen atoms in total. The summed E-state index contributed by atoms with van der Waals surface area (Å²) in [5.41, 5.74) is 0.658. The minimum Gasteiger partial charge on any atom is -0.454 e. The standard InChI is InChI=1S/C23H31N3O5/c27-22(26-11-13-29-14-12-26)17-3-7-24(8-4-17)19-5-9-25(10-6-19)23(28)18-1-2-20-21(15-18)31-16-30-20/h1-2,15,17,19H,3-14,16H2. The van der Waals surface area contributed by atoms with Crippen LogP contribution in [0.3, 0.4) is 0 Å². The van der Waals surface area contributed by atoms with Gasteiger partial charge < -0.3 is 28.9 Å². The first-order valence-electron chi connectivity index (χ1n) is 11.5. The Morgan fingerprint density at radius 3 is 2.26 bits per heavy atom. The molecule has 4 aliphatic heterocycles. The molecule has 4 aliphatic rings. The van der Waals surface area contributed by atoms with Crippen LogP contribution >= 0.6 is 0 Å². The third kappa shape index (κ3) is 4.36. The van der Waals surface area contributed by atoms with Crippen LogP contribution in [0.25, 0.3) is 0 Å². The molecule has 1 aromatic carbocycles. The summed E-state index contributed by atoms with van der Waals surface area (Å²) in [6.07, 6.45) is 3.84. The number of piperidine rings is 2. The van der Waals surface area contributed by atoms with E-state index < -0.39 is 0 Å². The van der Waals surface area contributed by atoms with Crippen molar-refractivity contribution in [2.24, 2.45) is 5.92 Å². The topological polar surface area (TPSA) is 71.6 Å². The molecule has 0 atom stereocenters. The van der Waals surface area contributed by atoms with Crippen LogP contribution in [0.4, 0.5) is 0 Å². The van der Waals surface area contributed by atoms with Crippen molar-refractivity contribution in [1.29, 1.82) is 0 Å². The fraction of sp³-hybridized carbons (Fsp3) is 0.652. The van der Waals surface area contributed by atoms with Crippen molar-refractivity contribution in [2.75, 3.05) is 59.3 Å². The molecule has 2 amide bonds. The van der Waals surface area contributed by atoms with Crippen LogP contribution in [0.5, 0.6) is 11.5 Å². The average molecular weight is 430 g/mol. The van der Waals surface area contributed by atoms with Crippen LogP contribution in [0.2, 0.25) is 0 Å². The second-order valence-corrected chi connectivity index (χ2v) is 8.84. The van der Waals surface area contributed by atoms with E-state index in [-0.39, 0.29) is 18.6 Å². The van der Waals surface area contributed by atoms with Gasteiger partial charge in [-0.25, -0.2) is 0 Å². The molecule has 3 fully saturated rings. The molecule has 4 heterocycles. The van der Waals surface area contributed by atoms with Gasteiger partial charge in [-0.05, 0) is 57.0 Å². The minimum absolute atomic E-state index is 0.0616. The van der Waals surface area contributed by atoms with E-state index in [2.05, 4.69) is 4.90 Å². The molecule has 0 N–H and O–H groups in total. The fourth-order valence-corrected chi connectivity index (χ4v) is 5.20. The van der Waals surface area contributed by atoms with Gasteiger partial charge in [-0.2, -0.15) is 0 Å². The number of rotatable bonds is 3. The monoisotopic (exact) mass is 429 g/mol. The van der Waals surface area contributed by atoms with E-state index in [1.807, 2.05) is 21.9 Å². The van der Waals surface area contributed by atoms with Crippen LogP contribution in [0.1, 0.15) is 36.0 Å². The average Bonchev–Trinajstić information content (AvgIpc) is 3.32. The zero-order chi connectivity index (χ0) is 21.2. The maximum absolute atomic E-state index is 12.9. The van der Waals surface area contributed by atoms with E-state index >= 15 is 0 Å². The largest absolute Gasteiger partial charge is 0.454 e. The van der Waals surface area contributed by atoms with Gasteiger partial charge in [0.1, 0.15) is 0 Å². The Kier molecular flexibility index (Phi) is 6.00. The van der Waals surface area contributed by atoms with Gasteiger partial charge in [0.2, 0.25) is 12.7 Å². The van der Waals surface area contributed by atoms with Crippen LogP contribution in [0, 0.1) is 5.92 Å². The Bertz CT molecular complexity index is 809. The lowest BCUT2D eigenvalue weighted by atomic mass is 9.92. The number of morpholine rings is 1. The minimum atomic E-state index is 0.0616. The second kappa shape index (κ2) is 9.04. The number of hydrogen-bond acceptors (Lipinski definition) is 6. The van der Waals surface area contributed by atoms with Crippen LogP contribution in [-0.4, -0.2) is 91.8 Å². The number of likely N-dealkylation sites (tertiary alicyclic amines) is 2. The van der Waals surface area contributed by atoms with Crippen molar-refractivity contribution in [3.8, 4) is 11.5 Å². The zero-order valence-corrected chi connectivity index (χ0v) is 18.0. The number of ether oxygens (including phenoxy) is 3. The normalized spacial score (nSPS) is 23.2. The van der Waals surface area contributed by atoms with Crippen LogP contribution < -0.4 is 9.47 Å².